The molecule has 0 fully saturated rings. The quantitative estimate of drug-likeness (QED) is 0.838. The van der Waals surface area contributed by atoms with Crippen LogP contribution in [0, 0.1) is 0 Å². The molecular weight excluding hydrogens is 296 g/mol. The minimum Gasteiger partial charge on any atom is -0.313 e. The third-order valence-electron chi connectivity index (χ3n) is 4.31. The smallest absolute Gasteiger partial charge is 0.147 e. The monoisotopic (exact) mass is 320 g/mol. The van der Waals surface area contributed by atoms with Gasteiger partial charge >= 0.3 is 0 Å². The van der Waals surface area contributed by atoms with Crippen molar-refractivity contribution in [3.05, 3.63) is 28.2 Å². The second-order valence-electron chi connectivity index (χ2n) is 6.14. The maximum absolute atomic E-state index is 4.41. The first-order valence-corrected chi connectivity index (χ1v) is 8.73. The summed E-state index contributed by atoms with van der Waals surface area (Å²) in [6, 6.07) is 0.514. The van der Waals surface area contributed by atoms with Gasteiger partial charge in [0, 0.05) is 43.7 Å². The zero-order valence-electron chi connectivity index (χ0n) is 13.6. The van der Waals surface area contributed by atoms with Crippen LogP contribution >= 0.6 is 11.3 Å². The number of fused-ring (bicyclic) bond motifs is 1. The molecule has 0 saturated carbocycles. The molecule has 22 heavy (non-hydrogen) atoms. The number of nitrogens with zero attached hydrogens (tertiary/aromatic N) is 6. The van der Waals surface area contributed by atoms with Gasteiger partial charge in [0.25, 0.3) is 0 Å². The highest BCUT2D eigenvalue weighted by Gasteiger charge is 2.20. The molecule has 0 atom stereocenters. The fourth-order valence-electron chi connectivity index (χ4n) is 2.63. The minimum atomic E-state index is 0.514. The van der Waals surface area contributed by atoms with Gasteiger partial charge in [-0.05, 0) is 20.9 Å². The van der Waals surface area contributed by atoms with Crippen molar-refractivity contribution in [2.75, 3.05) is 20.1 Å². The van der Waals surface area contributed by atoms with E-state index in [1.54, 1.807) is 11.3 Å². The summed E-state index contributed by atoms with van der Waals surface area (Å²) in [6.45, 7) is 9.23. The second-order valence-corrected chi connectivity index (χ2v) is 7.12. The lowest BCUT2D eigenvalue weighted by Gasteiger charge is -2.21. The largest absolute Gasteiger partial charge is 0.313 e. The van der Waals surface area contributed by atoms with Crippen LogP contribution in [0.4, 0.5) is 0 Å². The van der Waals surface area contributed by atoms with Crippen LogP contribution in [-0.4, -0.2) is 55.7 Å². The van der Waals surface area contributed by atoms with Crippen molar-refractivity contribution >= 4 is 11.3 Å². The summed E-state index contributed by atoms with van der Waals surface area (Å²) < 4.78 is 2.31. The van der Waals surface area contributed by atoms with Crippen molar-refractivity contribution in [1.82, 2.24) is 29.5 Å². The van der Waals surface area contributed by atoms with E-state index in [9.17, 15) is 0 Å². The molecule has 0 bridgehead atoms. The van der Waals surface area contributed by atoms with Crippen molar-refractivity contribution in [1.29, 1.82) is 0 Å². The Labute approximate surface area is 135 Å². The van der Waals surface area contributed by atoms with E-state index in [-0.39, 0.29) is 0 Å². The number of rotatable bonds is 5. The Balaban J connectivity index is 1.65. The van der Waals surface area contributed by atoms with Crippen LogP contribution in [0.3, 0.4) is 0 Å². The third-order valence-corrected chi connectivity index (χ3v) is 5.07. The van der Waals surface area contributed by atoms with Gasteiger partial charge in [-0.1, -0.05) is 0 Å². The molecule has 0 saturated heterocycles. The molecule has 0 spiro atoms. The molecule has 0 aliphatic carbocycles. The topological polar surface area (TPSA) is 50.1 Å². The lowest BCUT2D eigenvalue weighted by atomic mass is 10.3. The summed E-state index contributed by atoms with van der Waals surface area (Å²) in [5.41, 5.74) is 0. The van der Waals surface area contributed by atoms with Gasteiger partial charge in [0.05, 0.1) is 13.1 Å². The fourth-order valence-corrected chi connectivity index (χ4v) is 3.29. The second kappa shape index (κ2) is 6.85. The number of thiazole rings is 1. The zero-order valence-corrected chi connectivity index (χ0v) is 14.4. The molecule has 0 N–H and O–H groups in total. The molecule has 3 heterocycles. The Bertz CT molecular complexity index is 591. The molecule has 2 aromatic rings. The SMILES string of the molecule is CC(C)N(C)Cc1nnc2n1CCN(Cc1nccs1)CC2. The maximum Gasteiger partial charge on any atom is 0.147 e. The van der Waals surface area contributed by atoms with Gasteiger partial charge in [-0.15, -0.1) is 21.5 Å². The van der Waals surface area contributed by atoms with Crippen molar-refractivity contribution < 1.29 is 0 Å². The van der Waals surface area contributed by atoms with Crippen LogP contribution in [0.15, 0.2) is 11.6 Å². The molecule has 1 aliphatic rings. The van der Waals surface area contributed by atoms with E-state index in [2.05, 4.69) is 50.4 Å². The van der Waals surface area contributed by atoms with Gasteiger partial charge in [-0.2, -0.15) is 0 Å². The third kappa shape index (κ3) is 3.53. The molecule has 120 valence electrons. The number of aromatic nitrogens is 4. The van der Waals surface area contributed by atoms with Crippen molar-refractivity contribution in [3.63, 3.8) is 0 Å². The first-order chi connectivity index (χ1) is 10.6. The Kier molecular flexibility index (Phi) is 4.85. The zero-order chi connectivity index (χ0) is 15.5. The molecule has 2 aromatic heterocycles. The van der Waals surface area contributed by atoms with E-state index in [4.69, 9.17) is 0 Å². The van der Waals surface area contributed by atoms with Gasteiger partial charge in [-0.3, -0.25) is 9.80 Å². The Morgan fingerprint density at radius 2 is 2.14 bits per heavy atom. The molecule has 0 amide bonds. The highest BCUT2D eigenvalue weighted by atomic mass is 32.1. The van der Waals surface area contributed by atoms with E-state index in [1.165, 1.54) is 5.01 Å². The lowest BCUT2D eigenvalue weighted by molar-refractivity contribution is 0.248. The van der Waals surface area contributed by atoms with E-state index in [0.29, 0.717) is 6.04 Å². The van der Waals surface area contributed by atoms with Crippen LogP contribution in [0.25, 0.3) is 0 Å². The summed E-state index contributed by atoms with van der Waals surface area (Å²) >= 11 is 1.73. The Morgan fingerprint density at radius 1 is 1.27 bits per heavy atom. The van der Waals surface area contributed by atoms with Gasteiger partial charge in [-0.25, -0.2) is 4.98 Å². The average molecular weight is 320 g/mol. The summed E-state index contributed by atoms with van der Waals surface area (Å²) in [7, 11) is 2.14. The van der Waals surface area contributed by atoms with E-state index in [0.717, 1.165) is 50.8 Å². The van der Waals surface area contributed by atoms with Gasteiger partial charge in [0.2, 0.25) is 0 Å². The molecule has 0 radical (unpaired) electrons. The number of hydrogen-bond acceptors (Lipinski definition) is 6. The molecule has 6 nitrogen and oxygen atoms in total. The van der Waals surface area contributed by atoms with Crippen LogP contribution < -0.4 is 0 Å². The molecule has 0 unspecified atom stereocenters. The van der Waals surface area contributed by atoms with E-state index in [1.807, 2.05) is 11.6 Å². The van der Waals surface area contributed by atoms with Crippen molar-refractivity contribution in [2.45, 2.75) is 45.9 Å². The van der Waals surface area contributed by atoms with Crippen LogP contribution in [-0.2, 0) is 26.1 Å². The Hall–Kier alpha value is -1.31. The van der Waals surface area contributed by atoms with Crippen LogP contribution in [0.2, 0.25) is 0 Å². The predicted octanol–water partition coefficient (Wildman–Crippen LogP) is 1.63. The minimum absolute atomic E-state index is 0.514. The van der Waals surface area contributed by atoms with Gasteiger partial charge < -0.3 is 4.57 Å². The van der Waals surface area contributed by atoms with Gasteiger partial charge in [0.1, 0.15) is 16.7 Å². The standard InChI is InChI=1S/C15H24N6S/c1-12(2)19(3)10-14-18-17-13-4-6-20(7-8-21(13)14)11-15-16-5-9-22-15/h5,9,12H,4,6-8,10-11H2,1-3H3. The molecular formula is C15H24N6S. The molecule has 0 aromatic carbocycles. The van der Waals surface area contributed by atoms with Crippen molar-refractivity contribution in [2.24, 2.45) is 0 Å². The molecule has 7 heteroatoms. The average Bonchev–Trinajstić information content (AvgIpc) is 3.07. The summed E-state index contributed by atoms with van der Waals surface area (Å²) in [5.74, 6) is 2.20. The fraction of sp³-hybridized carbons (Fsp3) is 0.667. The number of hydrogen-bond donors (Lipinski definition) is 0. The lowest BCUT2D eigenvalue weighted by Crippen LogP contribution is -2.29. The van der Waals surface area contributed by atoms with Crippen molar-refractivity contribution in [3.8, 4) is 0 Å². The highest BCUT2D eigenvalue weighted by molar-refractivity contribution is 7.09. The Morgan fingerprint density at radius 3 is 2.86 bits per heavy atom. The maximum atomic E-state index is 4.41. The molecule has 1 aliphatic heterocycles. The summed E-state index contributed by atoms with van der Waals surface area (Å²) in [5, 5.41) is 12.0. The summed E-state index contributed by atoms with van der Waals surface area (Å²) in [4.78, 5) is 9.15. The predicted molar refractivity (Wildman–Crippen MR) is 87.7 cm³/mol. The normalized spacial score (nSPS) is 16.2. The van der Waals surface area contributed by atoms with E-state index < -0.39 is 0 Å². The summed E-state index contributed by atoms with van der Waals surface area (Å²) in [6.07, 6.45) is 2.84. The first kappa shape index (κ1) is 15.6. The van der Waals surface area contributed by atoms with E-state index >= 15 is 0 Å². The van der Waals surface area contributed by atoms with Gasteiger partial charge in [0.15, 0.2) is 0 Å². The van der Waals surface area contributed by atoms with Crippen LogP contribution in [0.5, 0.6) is 0 Å². The van der Waals surface area contributed by atoms with Crippen LogP contribution in [0.1, 0.15) is 30.5 Å². The molecule has 3 rings (SSSR count). The first-order valence-electron chi connectivity index (χ1n) is 7.85. The highest BCUT2D eigenvalue weighted by Crippen LogP contribution is 2.14.